The number of hydrogen-bond donors (Lipinski definition) is 1. The molecule has 0 unspecified atom stereocenters. The van der Waals surface area contributed by atoms with Crippen molar-refractivity contribution in [3.63, 3.8) is 0 Å². The highest BCUT2D eigenvalue weighted by molar-refractivity contribution is 5.85. The third kappa shape index (κ3) is 2.43. The summed E-state index contributed by atoms with van der Waals surface area (Å²) in [5, 5.41) is 0. The van der Waals surface area contributed by atoms with E-state index in [0.717, 1.165) is 5.69 Å². The number of benzene rings is 1. The van der Waals surface area contributed by atoms with E-state index in [9.17, 15) is 0 Å². The van der Waals surface area contributed by atoms with Crippen molar-refractivity contribution in [2.75, 3.05) is 5.73 Å². The van der Waals surface area contributed by atoms with Crippen LogP contribution in [0.25, 0.3) is 0 Å². The van der Waals surface area contributed by atoms with E-state index in [1.807, 2.05) is 18.2 Å². The van der Waals surface area contributed by atoms with Crippen molar-refractivity contribution < 1.29 is 0 Å². The predicted octanol–water partition coefficient (Wildman–Crippen LogP) is 2.81. The Morgan fingerprint density at radius 3 is 2.09 bits per heavy atom. The minimum Gasteiger partial charge on any atom is -0.398 e. The summed E-state index contributed by atoms with van der Waals surface area (Å²) < 4.78 is 0. The highest BCUT2D eigenvalue weighted by Gasteiger charge is 2.00. The standard InChI is InChI=1S/C9H13N.ClH/c1-7(2)8-5-3-4-6-9(8)10;/h3-7H,10H2,1-2H3;1H. The molecule has 0 saturated heterocycles. The van der Waals surface area contributed by atoms with E-state index in [0.29, 0.717) is 5.92 Å². The smallest absolute Gasteiger partial charge is 0.0349 e. The van der Waals surface area contributed by atoms with E-state index in [2.05, 4.69) is 19.9 Å². The Hall–Kier alpha value is -0.690. The molecule has 1 aromatic rings. The molecule has 0 radical (unpaired) electrons. The van der Waals surface area contributed by atoms with Crippen LogP contribution in [0.1, 0.15) is 25.3 Å². The molecule has 1 nitrogen and oxygen atoms in total. The summed E-state index contributed by atoms with van der Waals surface area (Å²) in [5.74, 6) is 0.529. The first-order chi connectivity index (χ1) is 4.72. The SMILES string of the molecule is CC(C)c1ccccc1N.Cl. The van der Waals surface area contributed by atoms with Gasteiger partial charge in [-0.15, -0.1) is 12.4 Å². The van der Waals surface area contributed by atoms with Crippen molar-refractivity contribution >= 4 is 18.1 Å². The number of halogens is 1. The van der Waals surface area contributed by atoms with Gasteiger partial charge in [-0.2, -0.15) is 0 Å². The summed E-state index contributed by atoms with van der Waals surface area (Å²) >= 11 is 0. The molecule has 0 aliphatic carbocycles. The Morgan fingerprint density at radius 1 is 1.18 bits per heavy atom. The van der Waals surface area contributed by atoms with E-state index < -0.39 is 0 Å². The van der Waals surface area contributed by atoms with Gasteiger partial charge in [0.25, 0.3) is 0 Å². The van der Waals surface area contributed by atoms with Crippen molar-refractivity contribution in [3.8, 4) is 0 Å². The maximum absolute atomic E-state index is 5.72. The molecule has 2 N–H and O–H groups in total. The van der Waals surface area contributed by atoms with Gasteiger partial charge in [0.1, 0.15) is 0 Å². The van der Waals surface area contributed by atoms with Crippen LogP contribution in [-0.2, 0) is 0 Å². The highest BCUT2D eigenvalue weighted by atomic mass is 35.5. The summed E-state index contributed by atoms with van der Waals surface area (Å²) in [6, 6.07) is 7.99. The third-order valence-corrected chi connectivity index (χ3v) is 1.62. The molecule has 0 aliphatic heterocycles. The maximum Gasteiger partial charge on any atom is 0.0349 e. The van der Waals surface area contributed by atoms with Crippen molar-refractivity contribution in [3.05, 3.63) is 29.8 Å². The van der Waals surface area contributed by atoms with E-state index in [-0.39, 0.29) is 12.4 Å². The van der Waals surface area contributed by atoms with Gasteiger partial charge in [0.2, 0.25) is 0 Å². The van der Waals surface area contributed by atoms with Crippen LogP contribution in [0.2, 0.25) is 0 Å². The molecule has 0 saturated carbocycles. The number of anilines is 1. The molecule has 1 aromatic carbocycles. The summed E-state index contributed by atoms with van der Waals surface area (Å²) in [4.78, 5) is 0. The van der Waals surface area contributed by atoms with Gasteiger partial charge in [-0.05, 0) is 17.5 Å². The number of hydrogen-bond acceptors (Lipinski definition) is 1. The molecule has 62 valence electrons. The molecular formula is C9H14ClN. The van der Waals surface area contributed by atoms with Crippen LogP contribution in [-0.4, -0.2) is 0 Å². The molecule has 2 heteroatoms. The summed E-state index contributed by atoms with van der Waals surface area (Å²) in [5.41, 5.74) is 7.86. The van der Waals surface area contributed by atoms with Gasteiger partial charge >= 0.3 is 0 Å². The number of nitrogen functional groups attached to an aromatic ring is 1. The van der Waals surface area contributed by atoms with Crippen LogP contribution in [0, 0.1) is 0 Å². The van der Waals surface area contributed by atoms with Crippen LogP contribution in [0.5, 0.6) is 0 Å². The summed E-state index contributed by atoms with van der Waals surface area (Å²) in [7, 11) is 0. The molecule has 0 aromatic heterocycles. The van der Waals surface area contributed by atoms with Crippen LogP contribution < -0.4 is 5.73 Å². The van der Waals surface area contributed by atoms with Gasteiger partial charge in [0.15, 0.2) is 0 Å². The van der Waals surface area contributed by atoms with Crippen LogP contribution >= 0.6 is 12.4 Å². The zero-order valence-electron chi connectivity index (χ0n) is 6.87. The van der Waals surface area contributed by atoms with Gasteiger partial charge in [0.05, 0.1) is 0 Å². The first kappa shape index (κ1) is 10.3. The molecule has 0 fully saturated rings. The molecule has 0 aliphatic rings. The molecule has 0 amide bonds. The first-order valence-corrected chi connectivity index (χ1v) is 3.56. The lowest BCUT2D eigenvalue weighted by molar-refractivity contribution is 0.870. The zero-order valence-corrected chi connectivity index (χ0v) is 7.69. The topological polar surface area (TPSA) is 26.0 Å². The fraction of sp³-hybridized carbons (Fsp3) is 0.333. The van der Waals surface area contributed by atoms with E-state index >= 15 is 0 Å². The fourth-order valence-electron chi connectivity index (χ4n) is 1.04. The second-order valence-electron chi connectivity index (χ2n) is 2.78. The average Bonchev–Trinajstić information content (AvgIpc) is 1.88. The van der Waals surface area contributed by atoms with Gasteiger partial charge in [-0.1, -0.05) is 32.0 Å². The Labute approximate surface area is 74.0 Å². The molecule has 11 heavy (non-hydrogen) atoms. The summed E-state index contributed by atoms with van der Waals surface area (Å²) in [6.07, 6.45) is 0. The largest absolute Gasteiger partial charge is 0.398 e. The highest BCUT2D eigenvalue weighted by Crippen LogP contribution is 2.19. The number of para-hydroxylation sites is 1. The molecule has 0 spiro atoms. The van der Waals surface area contributed by atoms with E-state index in [1.165, 1.54) is 5.56 Å². The first-order valence-electron chi connectivity index (χ1n) is 3.56. The summed E-state index contributed by atoms with van der Waals surface area (Å²) in [6.45, 7) is 4.29. The van der Waals surface area contributed by atoms with Gasteiger partial charge in [0, 0.05) is 5.69 Å². The lowest BCUT2D eigenvalue weighted by Crippen LogP contribution is -1.94. The Morgan fingerprint density at radius 2 is 1.73 bits per heavy atom. The third-order valence-electron chi connectivity index (χ3n) is 1.62. The van der Waals surface area contributed by atoms with Crippen LogP contribution in [0.4, 0.5) is 5.69 Å². The quantitative estimate of drug-likeness (QED) is 0.647. The lowest BCUT2D eigenvalue weighted by Gasteiger charge is -2.07. The number of rotatable bonds is 1. The second kappa shape index (κ2) is 4.24. The maximum atomic E-state index is 5.72. The van der Waals surface area contributed by atoms with Crippen LogP contribution in [0.15, 0.2) is 24.3 Å². The Balaban J connectivity index is 0.000001000. The monoisotopic (exact) mass is 171 g/mol. The van der Waals surface area contributed by atoms with Crippen molar-refractivity contribution in [2.45, 2.75) is 19.8 Å². The van der Waals surface area contributed by atoms with Gasteiger partial charge in [-0.3, -0.25) is 0 Å². The molecule has 0 bridgehead atoms. The Bertz CT molecular complexity index is 221. The molecule has 1 rings (SSSR count). The minimum absolute atomic E-state index is 0. The normalized spacial score (nSPS) is 9.36. The zero-order chi connectivity index (χ0) is 7.56. The minimum atomic E-state index is 0. The van der Waals surface area contributed by atoms with Gasteiger partial charge < -0.3 is 5.73 Å². The van der Waals surface area contributed by atoms with Crippen LogP contribution in [0.3, 0.4) is 0 Å². The number of nitrogens with two attached hydrogens (primary N) is 1. The Kier molecular flexibility index (Phi) is 3.98. The lowest BCUT2D eigenvalue weighted by atomic mass is 10.0. The fourth-order valence-corrected chi connectivity index (χ4v) is 1.04. The second-order valence-corrected chi connectivity index (χ2v) is 2.78. The molecule has 0 heterocycles. The van der Waals surface area contributed by atoms with Crippen molar-refractivity contribution in [1.82, 2.24) is 0 Å². The molecular weight excluding hydrogens is 158 g/mol. The van der Waals surface area contributed by atoms with E-state index in [4.69, 9.17) is 5.73 Å². The molecule has 0 atom stereocenters. The average molecular weight is 172 g/mol. The van der Waals surface area contributed by atoms with Crippen molar-refractivity contribution in [2.24, 2.45) is 0 Å². The van der Waals surface area contributed by atoms with Gasteiger partial charge in [-0.25, -0.2) is 0 Å². The predicted molar refractivity (Wildman–Crippen MR) is 52.2 cm³/mol. The van der Waals surface area contributed by atoms with E-state index in [1.54, 1.807) is 0 Å². The van der Waals surface area contributed by atoms with Crippen molar-refractivity contribution in [1.29, 1.82) is 0 Å².